The van der Waals surface area contributed by atoms with Crippen LogP contribution in [0.25, 0.3) is 0 Å². The molecule has 0 atom stereocenters. The Hall–Kier alpha value is -2.06. The van der Waals surface area contributed by atoms with E-state index in [4.69, 9.17) is 10.5 Å². The fourth-order valence-corrected chi connectivity index (χ4v) is 3.72. The molecule has 1 aliphatic rings. The van der Waals surface area contributed by atoms with Crippen molar-refractivity contribution in [1.29, 1.82) is 0 Å². The molecule has 1 saturated heterocycles. The number of primary amides is 1. The lowest BCUT2D eigenvalue weighted by Gasteiger charge is -2.28. The standard InChI is InChI=1S/C18H25N5O2S/c1-13(2)11-23-17(22-7-9-25-10-8-22)20-21-18(23)26-12-14-3-5-15(6-4-14)16(19)24/h3-6,13H,7-12H2,1-2H3,(H2,19,24). The van der Waals surface area contributed by atoms with Gasteiger partial charge in [-0.25, -0.2) is 0 Å². The van der Waals surface area contributed by atoms with E-state index in [0.717, 1.165) is 55.3 Å². The third-order valence-corrected chi connectivity index (χ3v) is 5.18. The van der Waals surface area contributed by atoms with E-state index in [2.05, 4.69) is 33.5 Å². The van der Waals surface area contributed by atoms with Crippen LogP contribution in [-0.2, 0) is 17.0 Å². The molecule has 7 nitrogen and oxygen atoms in total. The second-order valence-electron chi connectivity index (χ2n) is 6.74. The van der Waals surface area contributed by atoms with Crippen molar-refractivity contribution in [1.82, 2.24) is 14.8 Å². The number of nitrogens with two attached hydrogens (primary N) is 1. The van der Waals surface area contributed by atoms with Gasteiger partial charge in [-0.05, 0) is 23.6 Å². The molecule has 0 radical (unpaired) electrons. The molecule has 2 heterocycles. The fourth-order valence-electron chi connectivity index (χ4n) is 2.82. The van der Waals surface area contributed by atoms with Crippen molar-refractivity contribution in [3.05, 3.63) is 35.4 Å². The van der Waals surface area contributed by atoms with E-state index in [-0.39, 0.29) is 0 Å². The molecule has 3 rings (SSSR count). The molecule has 8 heteroatoms. The van der Waals surface area contributed by atoms with Crippen molar-refractivity contribution in [2.45, 2.75) is 31.3 Å². The summed E-state index contributed by atoms with van der Waals surface area (Å²) < 4.78 is 7.65. The first-order chi connectivity index (χ1) is 12.5. The molecule has 1 amide bonds. The maximum absolute atomic E-state index is 11.2. The van der Waals surface area contributed by atoms with Crippen LogP contribution in [0, 0.1) is 5.92 Å². The normalized spacial score (nSPS) is 14.8. The number of hydrogen-bond acceptors (Lipinski definition) is 6. The van der Waals surface area contributed by atoms with Gasteiger partial charge in [0.2, 0.25) is 11.9 Å². The van der Waals surface area contributed by atoms with Crippen molar-refractivity contribution in [3.8, 4) is 0 Å². The van der Waals surface area contributed by atoms with E-state index in [0.29, 0.717) is 11.5 Å². The van der Waals surface area contributed by atoms with E-state index >= 15 is 0 Å². The van der Waals surface area contributed by atoms with E-state index in [1.807, 2.05) is 12.1 Å². The molecule has 2 N–H and O–H groups in total. The monoisotopic (exact) mass is 375 g/mol. The second kappa shape index (κ2) is 8.55. The number of nitrogens with zero attached hydrogens (tertiary/aromatic N) is 4. The minimum absolute atomic E-state index is 0.406. The van der Waals surface area contributed by atoms with Gasteiger partial charge in [0.25, 0.3) is 0 Å². The average Bonchev–Trinajstić information content (AvgIpc) is 3.03. The molecule has 1 aromatic carbocycles. The number of benzene rings is 1. The summed E-state index contributed by atoms with van der Waals surface area (Å²) in [5, 5.41) is 9.78. The molecule has 1 fully saturated rings. The second-order valence-corrected chi connectivity index (χ2v) is 7.68. The van der Waals surface area contributed by atoms with Crippen molar-refractivity contribution in [2.75, 3.05) is 31.2 Å². The Balaban J connectivity index is 1.73. The van der Waals surface area contributed by atoms with Crippen LogP contribution < -0.4 is 10.6 Å². The van der Waals surface area contributed by atoms with Crippen LogP contribution in [0.3, 0.4) is 0 Å². The van der Waals surface area contributed by atoms with Gasteiger partial charge in [-0.1, -0.05) is 37.7 Å². The van der Waals surface area contributed by atoms with Crippen LogP contribution in [0.2, 0.25) is 0 Å². The fraction of sp³-hybridized carbons (Fsp3) is 0.500. The van der Waals surface area contributed by atoms with Crippen molar-refractivity contribution < 1.29 is 9.53 Å². The summed E-state index contributed by atoms with van der Waals surface area (Å²) in [6.45, 7) is 8.40. The zero-order valence-electron chi connectivity index (χ0n) is 15.2. The van der Waals surface area contributed by atoms with Gasteiger partial charge in [0.1, 0.15) is 0 Å². The number of ether oxygens (including phenoxy) is 1. The number of morpholine rings is 1. The number of anilines is 1. The summed E-state index contributed by atoms with van der Waals surface area (Å²) in [5.74, 6) is 1.78. The summed E-state index contributed by atoms with van der Waals surface area (Å²) in [6.07, 6.45) is 0. The summed E-state index contributed by atoms with van der Waals surface area (Å²) in [5.41, 5.74) is 6.93. The minimum atomic E-state index is -0.406. The first-order valence-electron chi connectivity index (χ1n) is 8.82. The number of amides is 1. The van der Waals surface area contributed by atoms with Crippen LogP contribution in [0.15, 0.2) is 29.4 Å². The highest BCUT2D eigenvalue weighted by Crippen LogP contribution is 2.26. The Labute approximate surface area is 157 Å². The lowest BCUT2D eigenvalue weighted by molar-refractivity contribution is 0.100. The molecule has 1 aromatic heterocycles. The van der Waals surface area contributed by atoms with Crippen LogP contribution >= 0.6 is 11.8 Å². The van der Waals surface area contributed by atoms with Crippen LogP contribution in [0.4, 0.5) is 5.95 Å². The van der Waals surface area contributed by atoms with E-state index < -0.39 is 5.91 Å². The van der Waals surface area contributed by atoms with E-state index in [1.165, 1.54) is 0 Å². The van der Waals surface area contributed by atoms with Gasteiger partial charge < -0.3 is 15.4 Å². The Morgan fingerprint density at radius 3 is 2.54 bits per heavy atom. The molecule has 0 unspecified atom stereocenters. The molecule has 0 spiro atoms. The molecule has 2 aromatic rings. The van der Waals surface area contributed by atoms with Gasteiger partial charge in [0.15, 0.2) is 5.16 Å². The lowest BCUT2D eigenvalue weighted by Crippen LogP contribution is -2.38. The smallest absolute Gasteiger partial charge is 0.248 e. The van der Waals surface area contributed by atoms with E-state index in [9.17, 15) is 4.79 Å². The number of hydrogen-bond donors (Lipinski definition) is 1. The summed E-state index contributed by atoms with van der Waals surface area (Å²) >= 11 is 1.66. The Bertz CT molecular complexity index is 739. The lowest BCUT2D eigenvalue weighted by atomic mass is 10.1. The predicted molar refractivity (Wildman–Crippen MR) is 102 cm³/mol. The van der Waals surface area contributed by atoms with Gasteiger partial charge in [-0.15, -0.1) is 10.2 Å². The summed E-state index contributed by atoms with van der Waals surface area (Å²) in [6, 6.07) is 7.38. The van der Waals surface area contributed by atoms with Crippen molar-refractivity contribution >= 4 is 23.6 Å². The SMILES string of the molecule is CC(C)Cn1c(SCc2ccc(C(N)=O)cc2)nnc1N1CCOCC1. The third-order valence-electron chi connectivity index (χ3n) is 4.15. The Kier molecular flexibility index (Phi) is 6.16. The quantitative estimate of drug-likeness (QED) is 0.747. The molecular formula is C18H25N5O2S. The van der Waals surface area contributed by atoms with Crippen molar-refractivity contribution in [2.24, 2.45) is 11.7 Å². The van der Waals surface area contributed by atoms with Gasteiger partial charge in [-0.2, -0.15) is 0 Å². The molecule has 1 aliphatic heterocycles. The first kappa shape index (κ1) is 18.7. The number of aromatic nitrogens is 3. The largest absolute Gasteiger partial charge is 0.378 e. The van der Waals surface area contributed by atoms with Crippen LogP contribution in [0.1, 0.15) is 29.8 Å². The highest BCUT2D eigenvalue weighted by atomic mass is 32.2. The maximum Gasteiger partial charge on any atom is 0.248 e. The molecular weight excluding hydrogens is 350 g/mol. The topological polar surface area (TPSA) is 86.3 Å². The molecule has 26 heavy (non-hydrogen) atoms. The van der Waals surface area contributed by atoms with Gasteiger partial charge in [0.05, 0.1) is 13.2 Å². The number of thioether (sulfide) groups is 1. The van der Waals surface area contributed by atoms with Crippen LogP contribution in [0.5, 0.6) is 0 Å². The van der Waals surface area contributed by atoms with Crippen LogP contribution in [-0.4, -0.2) is 47.0 Å². The highest BCUT2D eigenvalue weighted by Gasteiger charge is 2.21. The number of carbonyl (C=O) groups excluding carboxylic acids is 1. The first-order valence-corrected chi connectivity index (χ1v) is 9.80. The number of rotatable bonds is 7. The zero-order valence-corrected chi connectivity index (χ0v) is 16.0. The molecule has 0 aliphatic carbocycles. The Morgan fingerprint density at radius 1 is 1.23 bits per heavy atom. The zero-order chi connectivity index (χ0) is 18.5. The molecule has 0 bridgehead atoms. The predicted octanol–water partition coefficient (Wildman–Crippen LogP) is 2.16. The average molecular weight is 375 g/mol. The minimum Gasteiger partial charge on any atom is -0.378 e. The summed E-state index contributed by atoms with van der Waals surface area (Å²) in [7, 11) is 0. The van der Waals surface area contributed by atoms with Gasteiger partial charge in [-0.3, -0.25) is 9.36 Å². The highest BCUT2D eigenvalue weighted by molar-refractivity contribution is 7.98. The number of carbonyl (C=O) groups is 1. The summed E-state index contributed by atoms with van der Waals surface area (Å²) in [4.78, 5) is 13.4. The molecule has 0 saturated carbocycles. The molecule has 140 valence electrons. The van der Waals surface area contributed by atoms with Crippen molar-refractivity contribution in [3.63, 3.8) is 0 Å². The van der Waals surface area contributed by atoms with Gasteiger partial charge >= 0.3 is 0 Å². The van der Waals surface area contributed by atoms with E-state index in [1.54, 1.807) is 23.9 Å². The van der Waals surface area contributed by atoms with Gasteiger partial charge in [0, 0.05) is 31.0 Å². The maximum atomic E-state index is 11.2. The third kappa shape index (κ3) is 4.56. The Morgan fingerprint density at radius 2 is 1.92 bits per heavy atom.